The number of rotatable bonds is 7. The van der Waals surface area contributed by atoms with Crippen molar-refractivity contribution in [2.24, 2.45) is 0 Å². The molecule has 0 aromatic heterocycles. The van der Waals surface area contributed by atoms with Crippen LogP contribution in [0.1, 0.15) is 32.3 Å². The van der Waals surface area contributed by atoms with Crippen LogP contribution in [0, 0.1) is 0 Å². The van der Waals surface area contributed by atoms with Gasteiger partial charge in [-0.25, -0.2) is 0 Å². The Hall–Kier alpha value is -1.88. The SMILES string of the molecule is CC(C)NC(=O)C(C)NCC(C(=O)O)c1ccccc1. The molecule has 0 aliphatic carbocycles. The van der Waals surface area contributed by atoms with Gasteiger partial charge in [0, 0.05) is 12.6 Å². The summed E-state index contributed by atoms with van der Waals surface area (Å²) in [5.41, 5.74) is 0.726. The highest BCUT2D eigenvalue weighted by molar-refractivity contribution is 5.81. The summed E-state index contributed by atoms with van der Waals surface area (Å²) >= 11 is 0. The Morgan fingerprint density at radius 2 is 1.75 bits per heavy atom. The number of benzene rings is 1. The smallest absolute Gasteiger partial charge is 0.312 e. The van der Waals surface area contributed by atoms with Crippen molar-refractivity contribution < 1.29 is 14.7 Å². The Morgan fingerprint density at radius 3 is 2.25 bits per heavy atom. The van der Waals surface area contributed by atoms with Crippen LogP contribution in [0.15, 0.2) is 30.3 Å². The number of nitrogens with one attached hydrogen (secondary N) is 2. The molecule has 3 N–H and O–H groups in total. The van der Waals surface area contributed by atoms with Crippen molar-refractivity contribution in [2.45, 2.75) is 38.8 Å². The lowest BCUT2D eigenvalue weighted by Crippen LogP contribution is -2.46. The van der Waals surface area contributed by atoms with Gasteiger partial charge in [0.2, 0.25) is 5.91 Å². The third-order valence-corrected chi connectivity index (χ3v) is 2.95. The third kappa shape index (κ3) is 5.01. The summed E-state index contributed by atoms with van der Waals surface area (Å²) in [5, 5.41) is 15.0. The molecule has 2 atom stereocenters. The lowest BCUT2D eigenvalue weighted by Gasteiger charge is -2.19. The molecule has 0 heterocycles. The van der Waals surface area contributed by atoms with Crippen molar-refractivity contribution in [1.29, 1.82) is 0 Å². The number of carboxylic acids is 1. The largest absolute Gasteiger partial charge is 0.481 e. The summed E-state index contributed by atoms with van der Waals surface area (Å²) in [6.07, 6.45) is 0. The van der Waals surface area contributed by atoms with E-state index < -0.39 is 17.9 Å². The second-order valence-corrected chi connectivity index (χ2v) is 5.09. The quantitative estimate of drug-likeness (QED) is 0.703. The Labute approximate surface area is 119 Å². The van der Waals surface area contributed by atoms with Crippen molar-refractivity contribution in [3.63, 3.8) is 0 Å². The normalized spacial score (nSPS) is 13.8. The van der Waals surface area contributed by atoms with E-state index in [9.17, 15) is 14.7 Å². The molecule has 1 amide bonds. The summed E-state index contributed by atoms with van der Waals surface area (Å²) in [5.74, 6) is -1.69. The van der Waals surface area contributed by atoms with E-state index in [1.54, 1.807) is 31.2 Å². The van der Waals surface area contributed by atoms with E-state index in [1.807, 2.05) is 19.9 Å². The molecular formula is C15H22N2O3. The molecule has 0 aliphatic heterocycles. The van der Waals surface area contributed by atoms with Gasteiger partial charge in [-0.3, -0.25) is 9.59 Å². The zero-order valence-corrected chi connectivity index (χ0v) is 12.1. The second kappa shape index (κ2) is 7.65. The molecule has 0 saturated carbocycles. The number of amides is 1. The van der Waals surface area contributed by atoms with Gasteiger partial charge in [-0.05, 0) is 26.3 Å². The van der Waals surface area contributed by atoms with Crippen LogP contribution in [-0.4, -0.2) is 35.6 Å². The van der Waals surface area contributed by atoms with Crippen LogP contribution < -0.4 is 10.6 Å². The van der Waals surface area contributed by atoms with Gasteiger partial charge in [0.25, 0.3) is 0 Å². The second-order valence-electron chi connectivity index (χ2n) is 5.09. The molecule has 0 spiro atoms. The van der Waals surface area contributed by atoms with Crippen LogP contribution in [0.25, 0.3) is 0 Å². The van der Waals surface area contributed by atoms with Gasteiger partial charge in [0.1, 0.15) is 0 Å². The van der Waals surface area contributed by atoms with E-state index in [0.717, 1.165) is 5.56 Å². The van der Waals surface area contributed by atoms with Crippen molar-refractivity contribution in [3.8, 4) is 0 Å². The molecule has 1 rings (SSSR count). The monoisotopic (exact) mass is 278 g/mol. The van der Waals surface area contributed by atoms with Gasteiger partial charge in [-0.1, -0.05) is 30.3 Å². The Kier molecular flexibility index (Phi) is 6.18. The summed E-state index contributed by atoms with van der Waals surface area (Å²) < 4.78 is 0. The number of carbonyl (C=O) groups excluding carboxylic acids is 1. The van der Waals surface area contributed by atoms with Gasteiger partial charge < -0.3 is 15.7 Å². The molecule has 0 aliphatic rings. The van der Waals surface area contributed by atoms with E-state index in [-0.39, 0.29) is 18.5 Å². The number of hydrogen-bond acceptors (Lipinski definition) is 3. The van der Waals surface area contributed by atoms with Crippen LogP contribution in [0.3, 0.4) is 0 Å². The first-order chi connectivity index (χ1) is 9.41. The van der Waals surface area contributed by atoms with Crippen LogP contribution in [0.4, 0.5) is 0 Å². The molecule has 1 aromatic carbocycles. The van der Waals surface area contributed by atoms with E-state index in [1.165, 1.54) is 0 Å². The molecule has 2 unspecified atom stereocenters. The standard InChI is InChI=1S/C15H22N2O3/c1-10(2)17-14(18)11(3)16-9-13(15(19)20)12-7-5-4-6-8-12/h4-8,10-11,13,16H,9H2,1-3H3,(H,17,18)(H,19,20). The van der Waals surface area contributed by atoms with Gasteiger partial charge >= 0.3 is 5.97 Å². The minimum Gasteiger partial charge on any atom is -0.481 e. The Balaban J connectivity index is 2.60. The van der Waals surface area contributed by atoms with Gasteiger partial charge in [-0.2, -0.15) is 0 Å². The highest BCUT2D eigenvalue weighted by Gasteiger charge is 2.22. The highest BCUT2D eigenvalue weighted by atomic mass is 16.4. The molecule has 5 nitrogen and oxygen atoms in total. The number of hydrogen-bond donors (Lipinski definition) is 3. The van der Waals surface area contributed by atoms with Crippen molar-refractivity contribution in [2.75, 3.05) is 6.54 Å². The average Bonchev–Trinajstić information content (AvgIpc) is 2.38. The van der Waals surface area contributed by atoms with E-state index >= 15 is 0 Å². The molecule has 0 fully saturated rings. The van der Waals surface area contributed by atoms with Crippen molar-refractivity contribution in [1.82, 2.24) is 10.6 Å². The molecule has 110 valence electrons. The minimum atomic E-state index is -0.903. The van der Waals surface area contributed by atoms with E-state index in [2.05, 4.69) is 10.6 Å². The fourth-order valence-corrected chi connectivity index (χ4v) is 1.83. The fraction of sp³-hybridized carbons (Fsp3) is 0.467. The van der Waals surface area contributed by atoms with Crippen LogP contribution in [0.2, 0.25) is 0 Å². The summed E-state index contributed by atoms with van der Waals surface area (Å²) in [6.45, 7) is 5.71. The molecule has 0 saturated heterocycles. The maximum atomic E-state index is 11.8. The fourth-order valence-electron chi connectivity index (χ4n) is 1.83. The predicted molar refractivity (Wildman–Crippen MR) is 77.6 cm³/mol. The summed E-state index contributed by atoms with van der Waals surface area (Å²) in [6, 6.07) is 8.65. The van der Waals surface area contributed by atoms with Gasteiger partial charge in [0.05, 0.1) is 12.0 Å². The maximum Gasteiger partial charge on any atom is 0.312 e. The number of carboxylic acid groups (broad SMARTS) is 1. The lowest BCUT2D eigenvalue weighted by molar-refractivity contribution is -0.139. The molecule has 1 aromatic rings. The molecule has 20 heavy (non-hydrogen) atoms. The minimum absolute atomic E-state index is 0.0659. The first-order valence-corrected chi connectivity index (χ1v) is 6.73. The van der Waals surface area contributed by atoms with E-state index in [0.29, 0.717) is 0 Å². The maximum absolute atomic E-state index is 11.8. The lowest BCUT2D eigenvalue weighted by atomic mass is 9.99. The van der Waals surface area contributed by atoms with E-state index in [4.69, 9.17) is 0 Å². The first kappa shape index (κ1) is 16.2. The molecular weight excluding hydrogens is 256 g/mol. The molecule has 0 bridgehead atoms. The zero-order valence-electron chi connectivity index (χ0n) is 12.1. The van der Waals surface area contributed by atoms with Gasteiger partial charge in [-0.15, -0.1) is 0 Å². The van der Waals surface area contributed by atoms with Crippen LogP contribution in [0.5, 0.6) is 0 Å². The van der Waals surface area contributed by atoms with Crippen molar-refractivity contribution >= 4 is 11.9 Å². The van der Waals surface area contributed by atoms with Crippen LogP contribution >= 0.6 is 0 Å². The van der Waals surface area contributed by atoms with Gasteiger partial charge in [0.15, 0.2) is 0 Å². The topological polar surface area (TPSA) is 78.4 Å². The summed E-state index contributed by atoms with van der Waals surface area (Å²) in [7, 11) is 0. The Morgan fingerprint density at radius 1 is 1.15 bits per heavy atom. The zero-order chi connectivity index (χ0) is 15.1. The average molecular weight is 278 g/mol. The summed E-state index contributed by atoms with van der Waals surface area (Å²) in [4.78, 5) is 23.1. The first-order valence-electron chi connectivity index (χ1n) is 6.73. The Bertz CT molecular complexity index is 446. The molecule has 5 heteroatoms. The molecule has 0 radical (unpaired) electrons. The predicted octanol–water partition coefficient (Wildman–Crippen LogP) is 1.36. The third-order valence-electron chi connectivity index (χ3n) is 2.95. The number of aliphatic carboxylic acids is 1. The number of carbonyl (C=O) groups is 2. The highest BCUT2D eigenvalue weighted by Crippen LogP contribution is 2.14. The van der Waals surface area contributed by atoms with Crippen LogP contribution in [-0.2, 0) is 9.59 Å². The van der Waals surface area contributed by atoms with Crippen molar-refractivity contribution in [3.05, 3.63) is 35.9 Å².